The van der Waals surface area contributed by atoms with E-state index in [4.69, 9.17) is 27.9 Å². The Labute approximate surface area is 115 Å². The summed E-state index contributed by atoms with van der Waals surface area (Å²) in [5.41, 5.74) is 1.42. The number of nitrogens with zero attached hydrogens (tertiary/aromatic N) is 1. The Morgan fingerprint density at radius 2 is 2.00 bits per heavy atom. The lowest BCUT2D eigenvalue weighted by Gasteiger charge is -2.10. The van der Waals surface area contributed by atoms with Crippen LogP contribution in [0.2, 0.25) is 10.0 Å². The average molecular weight is 284 g/mol. The third kappa shape index (κ3) is 2.93. The summed E-state index contributed by atoms with van der Waals surface area (Å²) in [4.78, 5) is 4.10. The second kappa shape index (κ2) is 5.57. The summed E-state index contributed by atoms with van der Waals surface area (Å²) < 4.78 is 5.67. The number of ether oxygens (including phenoxy) is 1. The Balaban J connectivity index is 2.33. The van der Waals surface area contributed by atoms with Gasteiger partial charge in [-0.1, -0.05) is 23.2 Å². The molecule has 0 radical (unpaired) electrons. The lowest BCUT2D eigenvalue weighted by atomic mass is 10.2. The second-order valence-electron chi connectivity index (χ2n) is 3.77. The number of aryl methyl sites for hydroxylation is 1. The maximum absolute atomic E-state index is 9.22. The van der Waals surface area contributed by atoms with Gasteiger partial charge in [-0.2, -0.15) is 0 Å². The molecule has 0 atom stereocenters. The van der Waals surface area contributed by atoms with Crippen molar-refractivity contribution >= 4 is 23.2 Å². The molecule has 5 heteroatoms. The smallest absolute Gasteiger partial charge is 0.136 e. The van der Waals surface area contributed by atoms with E-state index in [1.807, 2.05) is 6.92 Å². The lowest BCUT2D eigenvalue weighted by Crippen LogP contribution is -1.94. The summed E-state index contributed by atoms with van der Waals surface area (Å²) in [6.45, 7) is 1.72. The van der Waals surface area contributed by atoms with Crippen LogP contribution in [0.15, 0.2) is 30.5 Å². The lowest BCUT2D eigenvalue weighted by molar-refractivity contribution is 0.276. The van der Waals surface area contributed by atoms with Crippen LogP contribution in [0.4, 0.5) is 0 Å². The molecule has 0 aliphatic carbocycles. The normalized spacial score (nSPS) is 10.4. The molecule has 18 heavy (non-hydrogen) atoms. The maximum Gasteiger partial charge on any atom is 0.136 e. The van der Waals surface area contributed by atoms with Crippen LogP contribution >= 0.6 is 23.2 Å². The highest BCUT2D eigenvalue weighted by atomic mass is 35.5. The van der Waals surface area contributed by atoms with Gasteiger partial charge in [0, 0.05) is 29.6 Å². The van der Waals surface area contributed by atoms with E-state index in [-0.39, 0.29) is 6.61 Å². The Kier molecular flexibility index (Phi) is 4.07. The van der Waals surface area contributed by atoms with Crippen molar-refractivity contribution in [1.29, 1.82) is 0 Å². The number of hydrogen-bond acceptors (Lipinski definition) is 3. The summed E-state index contributed by atoms with van der Waals surface area (Å²) in [6.07, 6.45) is 1.59. The fourth-order valence-corrected chi connectivity index (χ4v) is 1.73. The summed E-state index contributed by atoms with van der Waals surface area (Å²) in [6, 6.07) is 6.76. The molecule has 0 bridgehead atoms. The fraction of sp³-hybridized carbons (Fsp3) is 0.154. The Morgan fingerprint density at radius 3 is 2.67 bits per heavy atom. The van der Waals surface area contributed by atoms with Crippen LogP contribution in [-0.4, -0.2) is 10.1 Å². The fourth-order valence-electron chi connectivity index (χ4n) is 1.44. The van der Waals surface area contributed by atoms with Crippen molar-refractivity contribution in [3.8, 4) is 11.5 Å². The molecule has 0 unspecified atom stereocenters. The molecule has 1 heterocycles. The first-order chi connectivity index (χ1) is 8.60. The van der Waals surface area contributed by atoms with Crippen LogP contribution in [0.5, 0.6) is 11.5 Å². The first kappa shape index (κ1) is 13.1. The van der Waals surface area contributed by atoms with E-state index in [2.05, 4.69) is 4.98 Å². The van der Waals surface area contributed by atoms with Gasteiger partial charge in [-0.3, -0.25) is 4.98 Å². The molecule has 0 aliphatic heterocycles. The third-order valence-corrected chi connectivity index (χ3v) is 3.11. The first-order valence-corrected chi connectivity index (χ1v) is 6.05. The summed E-state index contributed by atoms with van der Waals surface area (Å²) in [5.74, 6) is 1.12. The van der Waals surface area contributed by atoms with Crippen molar-refractivity contribution in [3.63, 3.8) is 0 Å². The van der Waals surface area contributed by atoms with Crippen LogP contribution in [0.25, 0.3) is 0 Å². The number of benzene rings is 1. The predicted molar refractivity (Wildman–Crippen MR) is 71.4 cm³/mol. The van der Waals surface area contributed by atoms with Crippen LogP contribution in [0.3, 0.4) is 0 Å². The molecule has 0 amide bonds. The van der Waals surface area contributed by atoms with Crippen LogP contribution in [0.1, 0.15) is 11.3 Å². The summed E-state index contributed by atoms with van der Waals surface area (Å²) in [5, 5.41) is 10.1. The maximum atomic E-state index is 9.22. The van der Waals surface area contributed by atoms with Gasteiger partial charge in [0.2, 0.25) is 0 Å². The summed E-state index contributed by atoms with van der Waals surface area (Å²) in [7, 11) is 0. The van der Waals surface area contributed by atoms with Gasteiger partial charge in [-0.15, -0.1) is 0 Å². The largest absolute Gasteiger partial charge is 0.457 e. The molecule has 94 valence electrons. The molecule has 2 aromatic rings. The molecule has 1 N–H and O–H groups in total. The van der Waals surface area contributed by atoms with E-state index in [1.165, 1.54) is 0 Å². The van der Waals surface area contributed by atoms with Crippen LogP contribution in [0, 0.1) is 6.92 Å². The van der Waals surface area contributed by atoms with E-state index in [0.29, 0.717) is 27.1 Å². The average Bonchev–Trinajstić information content (AvgIpc) is 2.34. The van der Waals surface area contributed by atoms with Crippen LogP contribution < -0.4 is 4.74 Å². The monoisotopic (exact) mass is 283 g/mol. The highest BCUT2D eigenvalue weighted by Gasteiger charge is 2.07. The molecule has 1 aromatic heterocycles. The van der Waals surface area contributed by atoms with Crippen LogP contribution in [-0.2, 0) is 6.61 Å². The second-order valence-corrected chi connectivity index (χ2v) is 4.58. The minimum atomic E-state index is -0.135. The quantitative estimate of drug-likeness (QED) is 0.926. The molecule has 0 saturated heterocycles. The molecule has 0 aliphatic rings. The number of aliphatic hydroxyl groups excluding tert-OH is 1. The van der Waals surface area contributed by atoms with E-state index in [1.54, 1.807) is 30.5 Å². The molecule has 3 nitrogen and oxygen atoms in total. The Hall–Kier alpha value is -1.29. The number of aromatic nitrogens is 1. The molecule has 2 rings (SSSR count). The minimum absolute atomic E-state index is 0.135. The van der Waals surface area contributed by atoms with Gasteiger partial charge >= 0.3 is 0 Å². The van der Waals surface area contributed by atoms with Crippen molar-refractivity contribution in [2.75, 3.05) is 0 Å². The number of pyridine rings is 1. The molecular formula is C13H11Cl2NO2. The van der Waals surface area contributed by atoms with E-state index in [0.717, 1.165) is 5.69 Å². The molecule has 0 spiro atoms. The van der Waals surface area contributed by atoms with Gasteiger partial charge in [0.25, 0.3) is 0 Å². The Morgan fingerprint density at radius 1 is 1.22 bits per heavy atom. The predicted octanol–water partition coefficient (Wildman–Crippen LogP) is 3.98. The SMILES string of the molecule is Cc1cc(Oc2ccc(Cl)c(Cl)c2)c(CO)cn1. The number of rotatable bonds is 3. The topological polar surface area (TPSA) is 42.4 Å². The van der Waals surface area contributed by atoms with Crippen molar-refractivity contribution in [2.24, 2.45) is 0 Å². The van der Waals surface area contributed by atoms with Gasteiger partial charge in [0.1, 0.15) is 11.5 Å². The van der Waals surface area contributed by atoms with E-state index in [9.17, 15) is 5.11 Å². The van der Waals surface area contributed by atoms with E-state index < -0.39 is 0 Å². The van der Waals surface area contributed by atoms with Gasteiger partial charge in [0.15, 0.2) is 0 Å². The van der Waals surface area contributed by atoms with E-state index >= 15 is 0 Å². The van der Waals surface area contributed by atoms with Crippen molar-refractivity contribution < 1.29 is 9.84 Å². The van der Waals surface area contributed by atoms with Gasteiger partial charge in [-0.05, 0) is 19.1 Å². The van der Waals surface area contributed by atoms with Gasteiger partial charge in [-0.25, -0.2) is 0 Å². The molecular weight excluding hydrogens is 273 g/mol. The highest BCUT2D eigenvalue weighted by Crippen LogP contribution is 2.31. The first-order valence-electron chi connectivity index (χ1n) is 5.29. The Bertz CT molecular complexity index is 573. The molecule has 0 fully saturated rings. The number of aliphatic hydroxyl groups is 1. The van der Waals surface area contributed by atoms with Crippen molar-refractivity contribution in [3.05, 3.63) is 51.8 Å². The number of hydrogen-bond donors (Lipinski definition) is 1. The van der Waals surface area contributed by atoms with Gasteiger partial charge in [0.05, 0.1) is 16.7 Å². The number of halogens is 2. The minimum Gasteiger partial charge on any atom is -0.457 e. The third-order valence-electron chi connectivity index (χ3n) is 2.37. The zero-order valence-electron chi connectivity index (χ0n) is 9.65. The van der Waals surface area contributed by atoms with Crippen molar-refractivity contribution in [2.45, 2.75) is 13.5 Å². The molecule has 1 aromatic carbocycles. The standard InChI is InChI=1S/C13H11Cl2NO2/c1-8-4-13(9(7-17)6-16-8)18-10-2-3-11(14)12(15)5-10/h2-6,17H,7H2,1H3. The highest BCUT2D eigenvalue weighted by molar-refractivity contribution is 6.42. The zero-order chi connectivity index (χ0) is 13.1. The zero-order valence-corrected chi connectivity index (χ0v) is 11.2. The van der Waals surface area contributed by atoms with Crippen molar-refractivity contribution in [1.82, 2.24) is 4.98 Å². The summed E-state index contributed by atoms with van der Waals surface area (Å²) >= 11 is 11.7. The molecule has 0 saturated carbocycles. The van der Waals surface area contributed by atoms with Gasteiger partial charge < -0.3 is 9.84 Å².